The van der Waals surface area contributed by atoms with E-state index >= 15 is 0 Å². The van der Waals surface area contributed by atoms with Gasteiger partial charge in [0, 0.05) is 17.9 Å². The van der Waals surface area contributed by atoms with Gasteiger partial charge in [-0.05, 0) is 30.7 Å². The maximum atomic E-state index is 11.3. The zero-order valence-corrected chi connectivity index (χ0v) is 13.4. The Bertz CT molecular complexity index is 797. The van der Waals surface area contributed by atoms with Crippen molar-refractivity contribution < 1.29 is 14.6 Å². The number of aromatic carboxylic acids is 1. The van der Waals surface area contributed by atoms with E-state index in [1.807, 2.05) is 26.0 Å². The minimum atomic E-state index is -0.960. The SMILES string of the molecule is CC.Cc1cc2ccc(OCc3cnccn3)cn2c1C(=O)O. The molecule has 3 aromatic rings. The second kappa shape index (κ2) is 7.40. The number of carboxylic acid groups (broad SMARTS) is 1. The van der Waals surface area contributed by atoms with E-state index in [9.17, 15) is 9.90 Å². The zero-order chi connectivity index (χ0) is 16.8. The lowest BCUT2D eigenvalue weighted by atomic mass is 10.3. The molecule has 6 nitrogen and oxygen atoms in total. The Balaban J connectivity index is 0.000000924. The molecule has 0 aliphatic rings. The topological polar surface area (TPSA) is 76.7 Å². The lowest BCUT2D eigenvalue weighted by Gasteiger charge is -2.07. The highest BCUT2D eigenvalue weighted by molar-refractivity contribution is 5.89. The van der Waals surface area contributed by atoms with Crippen molar-refractivity contribution in [1.29, 1.82) is 0 Å². The number of ether oxygens (including phenoxy) is 1. The molecule has 3 aromatic heterocycles. The number of carboxylic acids is 1. The summed E-state index contributed by atoms with van der Waals surface area (Å²) < 4.78 is 7.24. The number of hydrogen-bond donors (Lipinski definition) is 1. The number of nitrogens with zero attached hydrogens (tertiary/aromatic N) is 3. The molecule has 23 heavy (non-hydrogen) atoms. The summed E-state index contributed by atoms with van der Waals surface area (Å²) in [5.41, 5.74) is 2.49. The molecule has 0 bridgehead atoms. The summed E-state index contributed by atoms with van der Waals surface area (Å²) in [7, 11) is 0. The maximum absolute atomic E-state index is 11.3. The van der Waals surface area contributed by atoms with E-state index in [4.69, 9.17) is 4.74 Å². The van der Waals surface area contributed by atoms with E-state index in [-0.39, 0.29) is 12.3 Å². The molecule has 0 saturated heterocycles. The fraction of sp³-hybridized carbons (Fsp3) is 0.235. The van der Waals surface area contributed by atoms with Crippen LogP contribution in [0.4, 0.5) is 0 Å². The molecule has 0 aliphatic heterocycles. The summed E-state index contributed by atoms with van der Waals surface area (Å²) in [6.45, 7) is 6.05. The van der Waals surface area contributed by atoms with Crippen LogP contribution in [-0.2, 0) is 6.61 Å². The van der Waals surface area contributed by atoms with Gasteiger partial charge in [-0.15, -0.1) is 0 Å². The summed E-state index contributed by atoms with van der Waals surface area (Å²) in [5.74, 6) is -0.384. The predicted molar refractivity (Wildman–Crippen MR) is 86.8 cm³/mol. The Morgan fingerprint density at radius 3 is 2.74 bits per heavy atom. The molecule has 0 spiro atoms. The molecule has 0 amide bonds. The Kier molecular flexibility index (Phi) is 5.30. The molecule has 0 aromatic carbocycles. The Labute approximate surface area is 134 Å². The van der Waals surface area contributed by atoms with Crippen LogP contribution in [0.2, 0.25) is 0 Å². The summed E-state index contributed by atoms with van der Waals surface area (Å²) in [6.07, 6.45) is 6.49. The third-order valence-electron chi connectivity index (χ3n) is 3.14. The molecule has 0 aliphatic carbocycles. The molecular weight excluding hydrogens is 294 g/mol. The predicted octanol–water partition coefficient (Wildman–Crippen LogP) is 3.34. The first-order chi connectivity index (χ1) is 11.1. The highest BCUT2D eigenvalue weighted by Crippen LogP contribution is 2.21. The van der Waals surface area contributed by atoms with Crippen LogP contribution in [0.3, 0.4) is 0 Å². The van der Waals surface area contributed by atoms with E-state index < -0.39 is 5.97 Å². The minimum absolute atomic E-state index is 0.245. The molecule has 0 unspecified atom stereocenters. The van der Waals surface area contributed by atoms with Gasteiger partial charge in [0.1, 0.15) is 18.1 Å². The molecule has 120 valence electrons. The number of aromatic nitrogens is 3. The second-order valence-electron chi connectivity index (χ2n) is 4.63. The van der Waals surface area contributed by atoms with Crippen LogP contribution < -0.4 is 4.74 Å². The first-order valence-electron chi connectivity index (χ1n) is 7.38. The quantitative estimate of drug-likeness (QED) is 0.799. The molecule has 1 N–H and O–H groups in total. The van der Waals surface area contributed by atoms with Crippen LogP contribution in [0.5, 0.6) is 5.75 Å². The van der Waals surface area contributed by atoms with Gasteiger partial charge < -0.3 is 14.2 Å². The van der Waals surface area contributed by atoms with E-state index in [1.165, 1.54) is 0 Å². The van der Waals surface area contributed by atoms with E-state index in [0.717, 1.165) is 5.52 Å². The summed E-state index contributed by atoms with van der Waals surface area (Å²) in [5, 5.41) is 9.27. The van der Waals surface area contributed by atoms with Gasteiger partial charge in [0.05, 0.1) is 18.1 Å². The standard InChI is InChI=1S/C15H13N3O3.C2H6/c1-10-6-12-2-3-13(8-18(12)14(10)15(19)20)21-9-11-7-16-4-5-17-11;1-2/h2-8H,9H2,1H3,(H,19,20);1-2H3. The van der Waals surface area contributed by atoms with Crippen LogP contribution in [0.1, 0.15) is 35.6 Å². The normalized spacial score (nSPS) is 10.0. The van der Waals surface area contributed by atoms with Crippen LogP contribution in [0.25, 0.3) is 5.52 Å². The fourth-order valence-corrected chi connectivity index (χ4v) is 2.20. The monoisotopic (exact) mass is 313 g/mol. The van der Waals surface area contributed by atoms with Crippen molar-refractivity contribution in [3.05, 3.63) is 59.9 Å². The summed E-state index contributed by atoms with van der Waals surface area (Å²) in [6, 6.07) is 5.46. The molecule has 6 heteroatoms. The van der Waals surface area contributed by atoms with E-state index in [2.05, 4.69) is 9.97 Å². The Morgan fingerprint density at radius 1 is 1.30 bits per heavy atom. The molecule has 0 radical (unpaired) electrons. The Hall–Kier alpha value is -2.89. The van der Waals surface area contributed by atoms with Gasteiger partial charge in [-0.2, -0.15) is 0 Å². The van der Waals surface area contributed by atoms with Crippen LogP contribution in [-0.4, -0.2) is 25.4 Å². The highest BCUT2D eigenvalue weighted by Gasteiger charge is 2.14. The average molecular weight is 313 g/mol. The van der Waals surface area contributed by atoms with Crippen molar-refractivity contribution in [3.8, 4) is 5.75 Å². The minimum Gasteiger partial charge on any atom is -0.486 e. The van der Waals surface area contributed by atoms with Crippen molar-refractivity contribution in [2.24, 2.45) is 0 Å². The van der Waals surface area contributed by atoms with Crippen LogP contribution >= 0.6 is 0 Å². The molecule has 0 fully saturated rings. The highest BCUT2D eigenvalue weighted by atomic mass is 16.5. The van der Waals surface area contributed by atoms with Gasteiger partial charge in [-0.25, -0.2) is 4.79 Å². The number of rotatable bonds is 4. The molecule has 0 atom stereocenters. The van der Waals surface area contributed by atoms with Crippen LogP contribution in [0.15, 0.2) is 43.0 Å². The summed E-state index contributed by atoms with van der Waals surface area (Å²) >= 11 is 0. The van der Waals surface area contributed by atoms with Crippen molar-refractivity contribution in [3.63, 3.8) is 0 Å². The van der Waals surface area contributed by atoms with Gasteiger partial charge in [-0.3, -0.25) is 9.97 Å². The van der Waals surface area contributed by atoms with E-state index in [0.29, 0.717) is 17.0 Å². The molecule has 3 rings (SSSR count). The number of hydrogen-bond acceptors (Lipinski definition) is 4. The smallest absolute Gasteiger partial charge is 0.353 e. The molecule has 3 heterocycles. The van der Waals surface area contributed by atoms with Gasteiger partial charge in [-0.1, -0.05) is 13.8 Å². The van der Waals surface area contributed by atoms with Gasteiger partial charge in [0.2, 0.25) is 0 Å². The van der Waals surface area contributed by atoms with Gasteiger partial charge in [0.25, 0.3) is 0 Å². The number of fused-ring (bicyclic) bond motifs is 1. The number of pyridine rings is 1. The molecule has 0 saturated carbocycles. The lowest BCUT2D eigenvalue weighted by molar-refractivity contribution is 0.0688. The van der Waals surface area contributed by atoms with Gasteiger partial charge >= 0.3 is 5.97 Å². The number of aryl methyl sites for hydroxylation is 1. The first kappa shape index (κ1) is 16.5. The third kappa shape index (κ3) is 3.66. The summed E-state index contributed by atoms with van der Waals surface area (Å²) in [4.78, 5) is 19.4. The zero-order valence-electron chi connectivity index (χ0n) is 13.4. The van der Waals surface area contributed by atoms with Crippen molar-refractivity contribution in [2.45, 2.75) is 27.4 Å². The largest absolute Gasteiger partial charge is 0.486 e. The third-order valence-corrected chi connectivity index (χ3v) is 3.14. The second-order valence-corrected chi connectivity index (χ2v) is 4.63. The lowest BCUT2D eigenvalue weighted by Crippen LogP contribution is -2.04. The fourth-order valence-electron chi connectivity index (χ4n) is 2.20. The van der Waals surface area contributed by atoms with Crippen molar-refractivity contribution >= 4 is 11.5 Å². The van der Waals surface area contributed by atoms with E-state index in [1.54, 1.807) is 42.2 Å². The van der Waals surface area contributed by atoms with Gasteiger partial charge in [0.15, 0.2) is 0 Å². The average Bonchev–Trinajstić information content (AvgIpc) is 2.91. The Morgan fingerprint density at radius 2 is 2.09 bits per heavy atom. The van der Waals surface area contributed by atoms with Crippen LogP contribution in [0, 0.1) is 6.92 Å². The number of carbonyl (C=O) groups is 1. The van der Waals surface area contributed by atoms with Crippen molar-refractivity contribution in [2.75, 3.05) is 0 Å². The maximum Gasteiger partial charge on any atom is 0.353 e. The van der Waals surface area contributed by atoms with Crippen molar-refractivity contribution in [1.82, 2.24) is 14.4 Å². The first-order valence-corrected chi connectivity index (χ1v) is 7.38. The molecular formula is C17H19N3O3.